The molecule has 2 saturated carbocycles. The molecule has 2 saturated heterocycles. The molecule has 5 heterocycles. The number of carbonyl (C=O) groups is 1. The monoisotopic (exact) mass is 685 g/mol. The smallest absolute Gasteiger partial charge is 0.289 e. The van der Waals surface area contributed by atoms with Gasteiger partial charge in [0.05, 0.1) is 37.1 Å². The number of fused-ring (bicyclic) bond motifs is 2. The fourth-order valence-corrected chi connectivity index (χ4v) is 8.84. The summed E-state index contributed by atoms with van der Waals surface area (Å²) < 4.78 is 25.2. The number of hydrogen-bond acceptors (Lipinski definition) is 13. The minimum atomic E-state index is -1.57. The highest BCUT2D eigenvalue weighted by Gasteiger charge is 2.67. The summed E-state index contributed by atoms with van der Waals surface area (Å²) in [5.41, 5.74) is -0.427. The number of epoxide rings is 1. The van der Waals surface area contributed by atoms with Crippen molar-refractivity contribution < 1.29 is 54.1 Å². The van der Waals surface area contributed by atoms with Gasteiger partial charge in [0.15, 0.2) is 17.5 Å². The van der Waals surface area contributed by atoms with E-state index in [0.29, 0.717) is 36.3 Å². The predicted molar refractivity (Wildman–Crippen MR) is 168 cm³/mol. The van der Waals surface area contributed by atoms with Crippen LogP contribution in [0, 0.1) is 28.1 Å². The largest absolute Gasteiger partial charge is 0.480 e. The van der Waals surface area contributed by atoms with Crippen molar-refractivity contribution in [2.45, 2.75) is 81.9 Å². The van der Waals surface area contributed by atoms with Crippen LogP contribution in [0.3, 0.4) is 0 Å². The Bertz CT molecular complexity index is 1800. The van der Waals surface area contributed by atoms with Crippen LogP contribution in [-0.4, -0.2) is 114 Å². The van der Waals surface area contributed by atoms with E-state index in [1.54, 1.807) is 29.8 Å². The van der Waals surface area contributed by atoms with Crippen molar-refractivity contribution in [2.75, 3.05) is 19.8 Å². The van der Waals surface area contributed by atoms with Crippen molar-refractivity contribution >= 4 is 24.0 Å². The number of amides is 1. The summed E-state index contributed by atoms with van der Waals surface area (Å²) in [6, 6.07) is 1.66. The van der Waals surface area contributed by atoms with Gasteiger partial charge in [-0.3, -0.25) is 15.5 Å². The number of guanidine groups is 1. The maximum absolute atomic E-state index is 12.3. The van der Waals surface area contributed by atoms with Crippen molar-refractivity contribution in [3.05, 3.63) is 40.1 Å². The number of ether oxygens (including phenoxy) is 3. The summed E-state index contributed by atoms with van der Waals surface area (Å²) in [5.74, 6) is -0.971. The maximum Gasteiger partial charge on any atom is 0.289 e. The predicted octanol–water partition coefficient (Wildman–Crippen LogP) is -1.36. The van der Waals surface area contributed by atoms with E-state index in [2.05, 4.69) is 22.2 Å². The van der Waals surface area contributed by atoms with Gasteiger partial charge in [0, 0.05) is 24.5 Å². The Morgan fingerprint density at radius 2 is 1.92 bits per heavy atom. The van der Waals surface area contributed by atoms with Crippen LogP contribution >= 0.6 is 0 Å². The van der Waals surface area contributed by atoms with Crippen LogP contribution in [0.5, 0.6) is 5.95 Å². The number of aliphatic hydroxyl groups excluding tert-OH is 5. The molecule has 16 heteroatoms. The number of hydrogen-bond donors (Lipinski definition) is 8. The molecule has 11 atom stereocenters. The van der Waals surface area contributed by atoms with Crippen molar-refractivity contribution in [1.29, 1.82) is 5.41 Å². The van der Waals surface area contributed by atoms with Gasteiger partial charge < -0.3 is 53.8 Å². The van der Waals surface area contributed by atoms with Crippen molar-refractivity contribution in [1.82, 2.24) is 14.9 Å². The lowest BCUT2D eigenvalue weighted by Crippen LogP contribution is -2.64. The van der Waals surface area contributed by atoms with Gasteiger partial charge >= 0.3 is 0 Å². The SMILES string of the molecule is Cn1c(=Cc2cc(/C=C/C3C4(CCC5[C@]3(C)CC[C@@H](OC3OC(CO)C(O)C(O)C3O)[C@@]5(C)CO)CO4)c(O)o2)nc2c1=NC(=N)NC2=O. The molecule has 8 N–H and O–H groups in total. The Kier molecular flexibility index (Phi) is 8.39. The molecule has 266 valence electrons. The molecule has 7 rings (SSSR count). The molecule has 3 aliphatic heterocycles. The normalized spacial score (nSPS) is 40.7. The minimum Gasteiger partial charge on any atom is -0.480 e. The molecule has 2 aromatic rings. The van der Waals surface area contributed by atoms with E-state index < -0.39 is 54.7 Å². The fraction of sp³-hybridized carbons (Fsp3) is 0.636. The van der Waals surface area contributed by atoms with Gasteiger partial charge in [-0.1, -0.05) is 26.0 Å². The average molecular weight is 686 g/mol. The van der Waals surface area contributed by atoms with E-state index in [9.17, 15) is 35.4 Å². The quantitative estimate of drug-likeness (QED) is 0.124. The number of aliphatic hydroxyl groups is 5. The van der Waals surface area contributed by atoms with E-state index in [0.717, 1.165) is 12.8 Å². The maximum atomic E-state index is 12.3. The Hall–Kier alpha value is -3.48. The van der Waals surface area contributed by atoms with E-state index in [4.69, 9.17) is 24.0 Å². The van der Waals surface area contributed by atoms with E-state index in [1.165, 1.54) is 0 Å². The second-order valence-electron chi connectivity index (χ2n) is 14.5. The van der Waals surface area contributed by atoms with Crippen LogP contribution < -0.4 is 16.3 Å². The lowest BCUT2D eigenvalue weighted by atomic mass is 9.45. The third-order valence-corrected chi connectivity index (χ3v) is 11.7. The Morgan fingerprint density at radius 1 is 1.16 bits per heavy atom. The Morgan fingerprint density at radius 3 is 2.61 bits per heavy atom. The average Bonchev–Trinajstić information content (AvgIpc) is 3.65. The Balaban J connectivity index is 1.15. The standard InChI is InChI=1S/C33H43N5O11/c1-31-8-7-20(49-29-25(43)24(42)23(41)17(12-39)48-29)32(2,13-40)18(31)6-9-33(14-46-33)19(31)5-4-15-10-16(47-28(15)45)11-21-35-22-26(38(21)3)36-30(34)37-27(22)44/h4-5,10-11,17-20,23-25,29,39-43,45H,6-9,12-14H2,1-3H3,(H2,34,37,44)/b5-4+,21-11?/t17?,18?,19?,20-,23?,24?,25?,29?,31+,32+,33?/m1/s1. The first-order valence-electron chi connectivity index (χ1n) is 16.5. The third kappa shape index (κ3) is 5.45. The summed E-state index contributed by atoms with van der Waals surface area (Å²) in [6.45, 7) is 3.94. The van der Waals surface area contributed by atoms with Gasteiger partial charge in [-0.2, -0.15) is 4.99 Å². The molecule has 1 spiro atoms. The molecular formula is C33H43N5O11. The van der Waals surface area contributed by atoms with E-state index >= 15 is 0 Å². The van der Waals surface area contributed by atoms with Crippen LogP contribution in [-0.2, 0) is 21.3 Å². The summed E-state index contributed by atoms with van der Waals surface area (Å²) in [4.78, 5) is 20.6. The Labute approximate surface area is 280 Å². The van der Waals surface area contributed by atoms with Gasteiger partial charge in [-0.25, -0.2) is 4.98 Å². The highest BCUT2D eigenvalue weighted by Crippen LogP contribution is 2.66. The molecule has 5 aliphatic rings. The van der Waals surface area contributed by atoms with Crippen molar-refractivity contribution in [3.8, 4) is 5.95 Å². The fourth-order valence-electron chi connectivity index (χ4n) is 8.84. The number of nitrogens with zero attached hydrogens (tertiary/aromatic N) is 3. The molecule has 2 aromatic heterocycles. The number of imidazole rings is 1. The lowest BCUT2D eigenvalue weighted by Gasteiger charge is -2.61. The van der Waals surface area contributed by atoms with Gasteiger partial charge in [0.25, 0.3) is 11.9 Å². The second-order valence-corrected chi connectivity index (χ2v) is 14.5. The molecule has 0 radical (unpaired) electrons. The van der Waals surface area contributed by atoms with E-state index in [1.807, 2.05) is 13.0 Å². The molecule has 2 aliphatic carbocycles. The number of aromatic nitrogens is 2. The van der Waals surface area contributed by atoms with Crippen LogP contribution in [0.2, 0.25) is 0 Å². The molecule has 49 heavy (non-hydrogen) atoms. The summed E-state index contributed by atoms with van der Waals surface area (Å²) in [7, 11) is 1.66. The van der Waals surface area contributed by atoms with E-state index in [-0.39, 0.29) is 52.5 Å². The highest BCUT2D eigenvalue weighted by atomic mass is 16.7. The van der Waals surface area contributed by atoms with Crippen LogP contribution in [0.15, 0.2) is 21.6 Å². The molecule has 0 bridgehead atoms. The first-order valence-corrected chi connectivity index (χ1v) is 16.5. The van der Waals surface area contributed by atoms with Gasteiger partial charge in [-0.05, 0) is 43.1 Å². The topological polar surface area (TPSA) is 249 Å². The van der Waals surface area contributed by atoms with Gasteiger partial charge in [0.1, 0.15) is 35.7 Å². The first-order chi connectivity index (χ1) is 23.2. The zero-order chi connectivity index (χ0) is 35.0. The number of nitrogens with one attached hydrogen (secondary N) is 2. The van der Waals surface area contributed by atoms with Crippen LogP contribution in [0.25, 0.3) is 12.2 Å². The first kappa shape index (κ1) is 34.0. The lowest BCUT2D eigenvalue weighted by molar-refractivity contribution is -0.330. The summed E-state index contributed by atoms with van der Waals surface area (Å²) in [5, 5.41) is 72.5. The van der Waals surface area contributed by atoms with Crippen LogP contribution in [0.1, 0.15) is 61.3 Å². The molecule has 8 unspecified atom stereocenters. The number of furan rings is 1. The molecule has 1 amide bonds. The summed E-state index contributed by atoms with van der Waals surface area (Å²) >= 11 is 0. The summed E-state index contributed by atoms with van der Waals surface area (Å²) in [6.07, 6.45) is 0.473. The third-order valence-electron chi connectivity index (χ3n) is 11.7. The highest BCUT2D eigenvalue weighted by molar-refractivity contribution is 6.05. The molecule has 4 fully saturated rings. The number of rotatable bonds is 7. The zero-order valence-corrected chi connectivity index (χ0v) is 27.4. The van der Waals surface area contributed by atoms with Gasteiger partial charge in [0.2, 0.25) is 5.96 Å². The molecular weight excluding hydrogens is 642 g/mol. The molecule has 0 aromatic carbocycles. The number of carbonyl (C=O) groups excluding carboxylic acids is 1. The molecule has 16 nitrogen and oxygen atoms in total. The van der Waals surface area contributed by atoms with Crippen molar-refractivity contribution in [3.63, 3.8) is 0 Å². The number of aromatic hydroxyl groups is 1. The van der Waals surface area contributed by atoms with Gasteiger partial charge in [-0.15, -0.1) is 0 Å². The zero-order valence-electron chi connectivity index (χ0n) is 27.4. The van der Waals surface area contributed by atoms with Crippen LogP contribution in [0.4, 0.5) is 0 Å². The second kappa shape index (κ2) is 12.1. The van der Waals surface area contributed by atoms with Crippen molar-refractivity contribution in [2.24, 2.45) is 34.7 Å². The minimum absolute atomic E-state index is 0.0569.